The van der Waals surface area contributed by atoms with E-state index in [1.54, 1.807) is 0 Å². The van der Waals surface area contributed by atoms with Gasteiger partial charge in [0, 0.05) is 0 Å². The molecule has 1 aliphatic carbocycles. The molecule has 0 saturated carbocycles. The normalized spacial score (nSPS) is 16.8. The van der Waals surface area contributed by atoms with Crippen molar-refractivity contribution < 1.29 is 4.79 Å². The van der Waals surface area contributed by atoms with Crippen molar-refractivity contribution in [1.29, 1.82) is 0 Å². The number of carbonyl (C=O) groups is 1. The second kappa shape index (κ2) is 10.2. The summed E-state index contributed by atoms with van der Waals surface area (Å²) < 4.78 is 0. The Labute approximate surface area is 133 Å². The van der Waals surface area contributed by atoms with Crippen LogP contribution in [-0.2, 0) is 4.79 Å². The molecule has 0 bridgehead atoms. The summed E-state index contributed by atoms with van der Waals surface area (Å²) in [5.41, 5.74) is 1.81. The van der Waals surface area contributed by atoms with Crippen LogP contribution in [0.2, 0.25) is 0 Å². The zero-order valence-electron chi connectivity index (χ0n) is 14.3. The molecule has 1 nitrogen and oxygen atoms in total. The summed E-state index contributed by atoms with van der Waals surface area (Å²) >= 11 is 0. The van der Waals surface area contributed by atoms with Crippen LogP contribution in [0.4, 0.5) is 0 Å². The molecule has 2 heteroatoms. The quantitative estimate of drug-likeness (QED) is 0.396. The van der Waals surface area contributed by atoms with Crippen LogP contribution >= 0.6 is 10.5 Å². The van der Waals surface area contributed by atoms with E-state index in [0.29, 0.717) is 0 Å². The highest BCUT2D eigenvalue weighted by Crippen LogP contribution is 2.21. The van der Waals surface area contributed by atoms with Crippen LogP contribution in [-0.4, -0.2) is 22.7 Å². The molecule has 0 aliphatic heterocycles. The van der Waals surface area contributed by atoms with Crippen molar-refractivity contribution in [3.05, 3.63) is 23.3 Å². The Bertz CT molecular complexity index is 416. The van der Waals surface area contributed by atoms with Gasteiger partial charge in [0.05, 0.1) is 0 Å². The number of hydrogen-bond acceptors (Lipinski definition) is 1. The Morgan fingerprint density at radius 3 is 1.86 bits per heavy atom. The molecule has 0 fully saturated rings. The van der Waals surface area contributed by atoms with E-state index in [9.17, 15) is 4.79 Å². The largest absolute Gasteiger partial charge is 0.289 e. The fourth-order valence-electron chi connectivity index (χ4n) is 2.68. The lowest BCUT2D eigenvalue weighted by molar-refractivity contribution is -0.112. The minimum Gasteiger partial charge on any atom is -0.289 e. The van der Waals surface area contributed by atoms with Gasteiger partial charge in [-0.15, -0.1) is 0 Å². The van der Waals surface area contributed by atoms with Gasteiger partial charge in [0.2, 0.25) is 0 Å². The maximum atomic E-state index is 11.8. The zero-order valence-corrected chi connectivity index (χ0v) is 15.2. The first-order valence-electron chi connectivity index (χ1n) is 8.47. The molecule has 0 N–H and O–H groups in total. The van der Waals surface area contributed by atoms with E-state index in [1.165, 1.54) is 62.0 Å². The molecule has 0 amide bonds. The number of rotatable bonds is 9. The molecule has 120 valence electrons. The van der Waals surface area contributed by atoms with E-state index < -0.39 is 0 Å². The van der Waals surface area contributed by atoms with Gasteiger partial charge in [-0.1, -0.05) is 51.9 Å². The Balaban J connectivity index is 2.29. The van der Waals surface area contributed by atoms with E-state index in [0.717, 1.165) is 11.1 Å². The molecule has 0 aromatic rings. The minimum absolute atomic E-state index is 0.211. The van der Waals surface area contributed by atoms with E-state index in [-0.39, 0.29) is 16.3 Å². The third-order valence-corrected chi connectivity index (χ3v) is 6.08. The SMILES string of the molecule is CCCCCCCCCCS(C)=C1C=C(C)C(=O)C(C)=C1. The molecule has 0 radical (unpaired) electrons. The first-order chi connectivity index (χ1) is 10.1. The fourth-order valence-corrected chi connectivity index (χ4v) is 4.31. The highest BCUT2D eigenvalue weighted by atomic mass is 32.2. The maximum Gasteiger partial charge on any atom is 0.184 e. The zero-order chi connectivity index (χ0) is 15.7. The lowest BCUT2D eigenvalue weighted by Gasteiger charge is -2.13. The number of Topliss-reactive ketones (excluding diaryl/α,β-unsaturated/α-hetero) is 1. The second-order valence-electron chi connectivity index (χ2n) is 6.20. The van der Waals surface area contributed by atoms with Gasteiger partial charge in [-0.2, -0.15) is 10.5 Å². The third kappa shape index (κ3) is 6.78. The lowest BCUT2D eigenvalue weighted by atomic mass is 9.99. The maximum absolute atomic E-state index is 11.8. The molecule has 1 unspecified atom stereocenters. The van der Waals surface area contributed by atoms with Gasteiger partial charge in [0.1, 0.15) is 0 Å². The second-order valence-corrected chi connectivity index (χ2v) is 8.36. The molecule has 1 atom stereocenters. The Morgan fingerprint density at radius 1 is 0.857 bits per heavy atom. The average molecular weight is 309 g/mol. The van der Waals surface area contributed by atoms with E-state index in [1.807, 2.05) is 13.8 Å². The summed E-state index contributed by atoms with van der Waals surface area (Å²) in [5, 5.41) is 0. The summed E-state index contributed by atoms with van der Waals surface area (Å²) in [7, 11) is 0.289. The standard InChI is InChI=1S/C19H32OS/c1-5-6-7-8-9-10-11-12-13-21(4)18-14-16(2)19(20)17(3)15-18/h14-15H,5-13H2,1-4H3. The monoisotopic (exact) mass is 308 g/mol. The molecule has 0 aromatic carbocycles. The van der Waals surface area contributed by atoms with E-state index >= 15 is 0 Å². The highest BCUT2D eigenvalue weighted by molar-refractivity contribution is 8.15. The Kier molecular flexibility index (Phi) is 8.91. The van der Waals surface area contributed by atoms with Crippen molar-refractivity contribution in [3.63, 3.8) is 0 Å². The Morgan fingerprint density at radius 2 is 1.33 bits per heavy atom. The number of unbranched alkanes of at least 4 members (excludes halogenated alkanes) is 7. The van der Waals surface area contributed by atoms with Gasteiger partial charge in [-0.05, 0) is 60.4 Å². The predicted octanol–water partition coefficient (Wildman–Crippen LogP) is 5.67. The summed E-state index contributed by atoms with van der Waals surface area (Å²) in [6.07, 6.45) is 17.5. The molecule has 0 saturated heterocycles. The number of carbonyl (C=O) groups excluding carboxylic acids is 1. The summed E-state index contributed by atoms with van der Waals surface area (Å²) in [6.45, 7) is 6.14. The van der Waals surface area contributed by atoms with Crippen LogP contribution in [0.3, 0.4) is 0 Å². The van der Waals surface area contributed by atoms with Crippen molar-refractivity contribution in [2.45, 2.75) is 72.1 Å². The number of hydrogen-bond donors (Lipinski definition) is 0. The molecule has 1 rings (SSSR count). The number of ketones is 1. The first kappa shape index (κ1) is 18.4. The van der Waals surface area contributed by atoms with Gasteiger partial charge >= 0.3 is 0 Å². The van der Waals surface area contributed by atoms with Crippen molar-refractivity contribution in [2.75, 3.05) is 12.0 Å². The lowest BCUT2D eigenvalue weighted by Crippen LogP contribution is -2.11. The molecule has 0 spiro atoms. The summed E-state index contributed by atoms with van der Waals surface area (Å²) in [4.78, 5) is 13.1. The molecule has 0 heterocycles. The molecule has 0 aromatic heterocycles. The van der Waals surface area contributed by atoms with Crippen LogP contribution in [0, 0.1) is 0 Å². The first-order valence-corrected chi connectivity index (χ1v) is 10.3. The Hall–Kier alpha value is -0.630. The summed E-state index contributed by atoms with van der Waals surface area (Å²) in [6, 6.07) is 0. The third-order valence-electron chi connectivity index (χ3n) is 4.14. The van der Waals surface area contributed by atoms with Crippen LogP contribution in [0.1, 0.15) is 72.1 Å². The van der Waals surface area contributed by atoms with Gasteiger partial charge in [0.25, 0.3) is 0 Å². The van der Waals surface area contributed by atoms with Crippen LogP contribution in [0.5, 0.6) is 0 Å². The molecular formula is C19H32OS. The van der Waals surface area contributed by atoms with Gasteiger partial charge in [-0.3, -0.25) is 4.79 Å². The molecule has 1 aliphatic rings. The minimum atomic E-state index is 0.211. The van der Waals surface area contributed by atoms with E-state index in [4.69, 9.17) is 0 Å². The number of allylic oxidation sites excluding steroid dienone is 4. The van der Waals surface area contributed by atoms with Crippen LogP contribution < -0.4 is 0 Å². The molecule has 21 heavy (non-hydrogen) atoms. The van der Waals surface area contributed by atoms with Gasteiger partial charge in [0.15, 0.2) is 5.78 Å². The van der Waals surface area contributed by atoms with E-state index in [2.05, 4.69) is 25.3 Å². The highest BCUT2D eigenvalue weighted by Gasteiger charge is 2.13. The van der Waals surface area contributed by atoms with Gasteiger partial charge in [-0.25, -0.2) is 0 Å². The van der Waals surface area contributed by atoms with Crippen LogP contribution in [0.15, 0.2) is 23.3 Å². The fraction of sp³-hybridized carbons (Fsp3) is 0.684. The topological polar surface area (TPSA) is 17.1 Å². The van der Waals surface area contributed by atoms with Gasteiger partial charge < -0.3 is 0 Å². The summed E-state index contributed by atoms with van der Waals surface area (Å²) in [5.74, 6) is 1.48. The van der Waals surface area contributed by atoms with Crippen molar-refractivity contribution >= 4 is 21.1 Å². The predicted molar refractivity (Wildman–Crippen MR) is 98.5 cm³/mol. The molecular weight excluding hydrogens is 276 g/mol. The van der Waals surface area contributed by atoms with Crippen molar-refractivity contribution in [3.8, 4) is 0 Å². The smallest absolute Gasteiger partial charge is 0.184 e. The van der Waals surface area contributed by atoms with Crippen molar-refractivity contribution in [1.82, 2.24) is 0 Å². The average Bonchev–Trinajstić information content (AvgIpc) is 2.46. The van der Waals surface area contributed by atoms with Crippen molar-refractivity contribution in [2.24, 2.45) is 0 Å². The van der Waals surface area contributed by atoms with Crippen LogP contribution in [0.25, 0.3) is 0 Å².